The van der Waals surface area contributed by atoms with Gasteiger partial charge in [-0.1, -0.05) is 42.0 Å². The molecule has 2 aromatic carbocycles. The Bertz CT molecular complexity index is 898. The van der Waals surface area contributed by atoms with Gasteiger partial charge in [-0.25, -0.2) is 0 Å². The molecule has 1 fully saturated rings. The van der Waals surface area contributed by atoms with Crippen LogP contribution in [0.4, 0.5) is 0 Å². The second-order valence-corrected chi connectivity index (χ2v) is 8.04. The van der Waals surface area contributed by atoms with Gasteiger partial charge in [-0.3, -0.25) is 14.4 Å². The molecule has 0 aromatic heterocycles. The molecule has 164 valence electrons. The summed E-state index contributed by atoms with van der Waals surface area (Å²) in [4.78, 5) is 38.9. The fraction of sp³-hybridized carbons (Fsp3) is 0.400. The number of hydrogen-bond acceptors (Lipinski definition) is 4. The number of methoxy groups -OCH3 is 1. The van der Waals surface area contributed by atoms with Crippen molar-refractivity contribution >= 4 is 17.6 Å². The fourth-order valence-corrected chi connectivity index (χ4v) is 3.74. The molecule has 2 amide bonds. The van der Waals surface area contributed by atoms with Crippen LogP contribution < -0.4 is 10.1 Å². The van der Waals surface area contributed by atoms with Crippen molar-refractivity contribution in [2.24, 2.45) is 0 Å². The number of benzene rings is 2. The van der Waals surface area contributed by atoms with Gasteiger partial charge in [0, 0.05) is 37.5 Å². The molecule has 3 rings (SSSR count). The van der Waals surface area contributed by atoms with Crippen molar-refractivity contribution < 1.29 is 19.1 Å². The molecule has 1 aliphatic rings. The molecular weight excluding hydrogens is 392 g/mol. The van der Waals surface area contributed by atoms with E-state index in [9.17, 15) is 14.4 Å². The van der Waals surface area contributed by atoms with E-state index in [0.29, 0.717) is 25.1 Å². The Balaban J connectivity index is 1.38. The number of carbonyl (C=O) groups excluding carboxylic acids is 3. The quantitative estimate of drug-likeness (QED) is 0.662. The molecule has 0 bridgehead atoms. The van der Waals surface area contributed by atoms with Gasteiger partial charge in [0.15, 0.2) is 5.78 Å². The van der Waals surface area contributed by atoms with E-state index in [1.165, 1.54) is 0 Å². The van der Waals surface area contributed by atoms with E-state index in [0.717, 1.165) is 29.7 Å². The van der Waals surface area contributed by atoms with E-state index in [2.05, 4.69) is 5.32 Å². The summed E-state index contributed by atoms with van der Waals surface area (Å²) in [6.45, 7) is 3.18. The molecule has 0 aliphatic carbocycles. The third-order valence-electron chi connectivity index (χ3n) is 5.68. The molecule has 0 spiro atoms. The van der Waals surface area contributed by atoms with Gasteiger partial charge in [-0.15, -0.1) is 0 Å². The van der Waals surface area contributed by atoms with Crippen LogP contribution in [0.1, 0.15) is 47.2 Å². The molecule has 1 N–H and O–H groups in total. The van der Waals surface area contributed by atoms with Crippen molar-refractivity contribution in [2.45, 2.75) is 45.1 Å². The molecule has 0 unspecified atom stereocenters. The first-order valence-electron chi connectivity index (χ1n) is 10.7. The van der Waals surface area contributed by atoms with Gasteiger partial charge in [-0.2, -0.15) is 0 Å². The van der Waals surface area contributed by atoms with Crippen LogP contribution in [0.3, 0.4) is 0 Å². The van der Waals surface area contributed by atoms with Gasteiger partial charge in [0.05, 0.1) is 13.5 Å². The lowest BCUT2D eigenvalue weighted by molar-refractivity contribution is -0.132. The largest absolute Gasteiger partial charge is 0.497 e. The molecular formula is C25H30N2O4. The van der Waals surface area contributed by atoms with Crippen LogP contribution in [-0.4, -0.2) is 48.7 Å². The SMILES string of the molecule is COc1ccc(CC(=O)NC2CCN(C(=O)CCC(=O)c3ccc(C)cc3)CC2)cc1. The minimum atomic E-state index is -0.0152. The Labute approximate surface area is 183 Å². The third kappa shape index (κ3) is 6.67. The number of nitrogens with one attached hydrogen (secondary N) is 1. The van der Waals surface area contributed by atoms with Crippen molar-refractivity contribution in [3.05, 3.63) is 65.2 Å². The lowest BCUT2D eigenvalue weighted by atomic mass is 10.0. The maximum absolute atomic E-state index is 12.5. The zero-order chi connectivity index (χ0) is 22.2. The molecule has 2 aromatic rings. The Hall–Kier alpha value is -3.15. The van der Waals surface area contributed by atoms with Crippen LogP contribution in [0.15, 0.2) is 48.5 Å². The van der Waals surface area contributed by atoms with Crippen molar-refractivity contribution in [3.63, 3.8) is 0 Å². The second-order valence-electron chi connectivity index (χ2n) is 8.04. The number of piperidine rings is 1. The summed E-state index contributed by atoms with van der Waals surface area (Å²) >= 11 is 0. The predicted molar refractivity (Wildman–Crippen MR) is 119 cm³/mol. The van der Waals surface area contributed by atoms with Crippen molar-refractivity contribution in [1.29, 1.82) is 0 Å². The Morgan fingerprint density at radius 3 is 2.23 bits per heavy atom. The average Bonchev–Trinajstić information content (AvgIpc) is 2.78. The summed E-state index contributed by atoms with van der Waals surface area (Å²) in [5.74, 6) is 0.748. The lowest BCUT2D eigenvalue weighted by Gasteiger charge is -2.32. The third-order valence-corrected chi connectivity index (χ3v) is 5.68. The summed E-state index contributed by atoms with van der Waals surface area (Å²) < 4.78 is 5.13. The van der Waals surface area contributed by atoms with E-state index in [-0.39, 0.29) is 36.5 Å². The fourth-order valence-electron chi connectivity index (χ4n) is 3.74. The number of rotatable bonds is 8. The summed E-state index contributed by atoms with van der Waals surface area (Å²) in [6, 6.07) is 15.0. The minimum Gasteiger partial charge on any atom is -0.497 e. The number of ketones is 1. The first-order chi connectivity index (χ1) is 14.9. The first-order valence-corrected chi connectivity index (χ1v) is 10.7. The highest BCUT2D eigenvalue weighted by atomic mass is 16.5. The smallest absolute Gasteiger partial charge is 0.224 e. The van der Waals surface area contributed by atoms with E-state index in [1.807, 2.05) is 55.5 Å². The Morgan fingerprint density at radius 1 is 0.968 bits per heavy atom. The summed E-state index contributed by atoms with van der Waals surface area (Å²) in [5.41, 5.74) is 2.69. The van der Waals surface area contributed by atoms with Crippen LogP contribution in [0, 0.1) is 6.92 Å². The van der Waals surface area contributed by atoms with Crippen LogP contribution in [-0.2, 0) is 16.0 Å². The monoisotopic (exact) mass is 422 g/mol. The van der Waals surface area contributed by atoms with E-state index >= 15 is 0 Å². The van der Waals surface area contributed by atoms with Gasteiger partial charge in [0.25, 0.3) is 0 Å². The maximum Gasteiger partial charge on any atom is 0.224 e. The van der Waals surface area contributed by atoms with Gasteiger partial charge < -0.3 is 15.0 Å². The number of nitrogens with zero attached hydrogens (tertiary/aromatic N) is 1. The highest BCUT2D eigenvalue weighted by Crippen LogP contribution is 2.15. The molecule has 0 radical (unpaired) electrons. The standard InChI is InChI=1S/C25H30N2O4/c1-18-3-7-20(8-4-18)23(28)11-12-25(30)27-15-13-21(14-16-27)26-24(29)17-19-5-9-22(31-2)10-6-19/h3-10,21H,11-17H2,1-2H3,(H,26,29). The van der Waals surface area contributed by atoms with E-state index in [1.54, 1.807) is 12.0 Å². The topological polar surface area (TPSA) is 75.7 Å². The molecule has 6 heteroatoms. The highest BCUT2D eigenvalue weighted by molar-refractivity contribution is 5.98. The summed E-state index contributed by atoms with van der Waals surface area (Å²) in [6.07, 6.45) is 2.23. The van der Waals surface area contributed by atoms with Crippen LogP contribution >= 0.6 is 0 Å². The Morgan fingerprint density at radius 2 is 1.61 bits per heavy atom. The van der Waals surface area contributed by atoms with Crippen molar-refractivity contribution in [3.8, 4) is 5.75 Å². The summed E-state index contributed by atoms with van der Waals surface area (Å²) in [7, 11) is 1.61. The summed E-state index contributed by atoms with van der Waals surface area (Å²) in [5, 5.41) is 3.07. The van der Waals surface area contributed by atoms with E-state index in [4.69, 9.17) is 4.74 Å². The highest BCUT2D eigenvalue weighted by Gasteiger charge is 2.24. The lowest BCUT2D eigenvalue weighted by Crippen LogP contribution is -2.46. The van der Waals surface area contributed by atoms with Gasteiger partial charge in [0.1, 0.15) is 5.75 Å². The van der Waals surface area contributed by atoms with E-state index < -0.39 is 0 Å². The number of amides is 2. The Kier molecular flexibility index (Phi) is 7.82. The normalized spacial score (nSPS) is 14.2. The molecule has 0 atom stereocenters. The van der Waals surface area contributed by atoms with Crippen molar-refractivity contribution in [1.82, 2.24) is 10.2 Å². The van der Waals surface area contributed by atoms with Crippen LogP contribution in [0.25, 0.3) is 0 Å². The minimum absolute atomic E-state index is 0.00321. The second kappa shape index (κ2) is 10.8. The number of carbonyl (C=O) groups is 3. The number of ether oxygens (including phenoxy) is 1. The number of aryl methyl sites for hydroxylation is 1. The first kappa shape index (κ1) is 22.5. The molecule has 31 heavy (non-hydrogen) atoms. The zero-order valence-electron chi connectivity index (χ0n) is 18.2. The zero-order valence-corrected chi connectivity index (χ0v) is 18.2. The van der Waals surface area contributed by atoms with Crippen LogP contribution in [0.5, 0.6) is 5.75 Å². The predicted octanol–water partition coefficient (Wildman–Crippen LogP) is 3.32. The average molecular weight is 423 g/mol. The molecule has 6 nitrogen and oxygen atoms in total. The number of Topliss-reactive ketones (excluding diaryl/α,β-unsaturated/α-hetero) is 1. The van der Waals surface area contributed by atoms with Crippen LogP contribution in [0.2, 0.25) is 0 Å². The molecule has 1 heterocycles. The van der Waals surface area contributed by atoms with Gasteiger partial charge >= 0.3 is 0 Å². The number of likely N-dealkylation sites (tertiary alicyclic amines) is 1. The molecule has 1 saturated heterocycles. The molecule has 1 aliphatic heterocycles. The van der Waals surface area contributed by atoms with Gasteiger partial charge in [-0.05, 0) is 37.5 Å². The maximum atomic E-state index is 12.5. The van der Waals surface area contributed by atoms with Crippen molar-refractivity contribution in [2.75, 3.05) is 20.2 Å². The number of hydrogen-bond donors (Lipinski definition) is 1. The van der Waals surface area contributed by atoms with Gasteiger partial charge in [0.2, 0.25) is 11.8 Å². The molecule has 0 saturated carbocycles.